The topological polar surface area (TPSA) is 162 Å². The van der Waals surface area contributed by atoms with Crippen LogP contribution in [0, 0.1) is 0 Å². The molecule has 0 N–H and O–H groups in total. The van der Waals surface area contributed by atoms with E-state index in [9.17, 15) is 14.4 Å². The number of rotatable bonds is 16. The summed E-state index contributed by atoms with van der Waals surface area (Å²) < 4.78 is 30.6. The molecule has 2 unspecified atom stereocenters. The Morgan fingerprint density at radius 1 is 0.680 bits per heavy atom. The van der Waals surface area contributed by atoms with Crippen LogP contribution in [0.25, 0.3) is 0 Å². The maximum atomic E-state index is 13.5. The summed E-state index contributed by atoms with van der Waals surface area (Å²) >= 11 is 0. The Labute approximate surface area is 287 Å². The molecule has 50 heavy (non-hydrogen) atoms. The third kappa shape index (κ3) is 8.24. The number of para-hydroxylation sites is 1. The van der Waals surface area contributed by atoms with Gasteiger partial charge in [-0.3, -0.25) is 19.3 Å². The lowest BCUT2D eigenvalue weighted by Crippen LogP contribution is -2.61. The van der Waals surface area contributed by atoms with Gasteiger partial charge < -0.3 is 23.7 Å². The van der Waals surface area contributed by atoms with Gasteiger partial charge in [0.25, 0.3) is 5.91 Å². The summed E-state index contributed by atoms with van der Waals surface area (Å²) in [5, 5.41) is 16.0. The Morgan fingerprint density at radius 3 is 1.72 bits per heavy atom. The van der Waals surface area contributed by atoms with Gasteiger partial charge >= 0.3 is 11.9 Å². The number of anilines is 1. The summed E-state index contributed by atoms with van der Waals surface area (Å²) in [6.07, 6.45) is 2.51. The average molecular weight is 682 g/mol. The number of amides is 1. The Hall–Kier alpha value is -6.25. The normalized spacial score (nSPS) is 15.2. The van der Waals surface area contributed by atoms with Gasteiger partial charge in [0.2, 0.25) is 6.10 Å². The minimum atomic E-state index is -0.744. The molecule has 0 radical (unpaired) electrons. The van der Waals surface area contributed by atoms with Crippen molar-refractivity contribution in [1.29, 1.82) is 0 Å². The summed E-state index contributed by atoms with van der Waals surface area (Å²) in [7, 11) is 0. The van der Waals surface area contributed by atoms with Gasteiger partial charge in [0.15, 0.2) is 0 Å². The monoisotopic (exact) mass is 681 g/mol. The van der Waals surface area contributed by atoms with Gasteiger partial charge in [-0.15, -0.1) is 10.2 Å². The molecule has 0 spiro atoms. The van der Waals surface area contributed by atoms with Crippen LogP contribution in [0.15, 0.2) is 91.3 Å². The van der Waals surface area contributed by atoms with Crippen LogP contribution in [-0.4, -0.2) is 67.2 Å². The highest BCUT2D eigenvalue weighted by molar-refractivity contribution is 6.05. The second-order valence-electron chi connectivity index (χ2n) is 11.1. The van der Waals surface area contributed by atoms with Gasteiger partial charge in [0.05, 0.1) is 25.6 Å². The standard InChI is InChI=1S/C35H35N7O8/c1-3-46-31(43)20-40-18-25(36-38-40)22-48-28-14-10-24(11-15-28)33-34(50-30-8-6-5-7-9-30)35(45)42(33)27-12-16-29(17-13-27)49-23-26-19-41(39-37-26)21-32(44)47-4-2/h5-19,33-34H,3-4,20-23H2,1-2H3. The summed E-state index contributed by atoms with van der Waals surface area (Å²) in [5.41, 5.74) is 2.62. The summed E-state index contributed by atoms with van der Waals surface area (Å²) in [6, 6.07) is 23.4. The van der Waals surface area contributed by atoms with Crippen LogP contribution >= 0.6 is 0 Å². The molecule has 3 aromatic carbocycles. The lowest BCUT2D eigenvalue weighted by molar-refractivity contribution is -0.145. The Bertz CT molecular complexity index is 1890. The van der Waals surface area contributed by atoms with Gasteiger partial charge in [-0.2, -0.15) is 0 Å². The smallest absolute Gasteiger partial charge is 0.327 e. The highest BCUT2D eigenvalue weighted by Crippen LogP contribution is 2.42. The van der Waals surface area contributed by atoms with Gasteiger partial charge in [-0.1, -0.05) is 40.8 Å². The van der Waals surface area contributed by atoms with E-state index >= 15 is 0 Å². The number of hydrogen-bond donors (Lipinski definition) is 0. The lowest BCUT2D eigenvalue weighted by Gasteiger charge is -2.46. The minimum absolute atomic E-state index is 0.0299. The first-order valence-corrected chi connectivity index (χ1v) is 16.0. The van der Waals surface area contributed by atoms with Crippen molar-refractivity contribution < 1.29 is 38.1 Å². The van der Waals surface area contributed by atoms with Crippen molar-refractivity contribution >= 4 is 23.5 Å². The van der Waals surface area contributed by atoms with E-state index in [4.69, 9.17) is 23.7 Å². The second-order valence-corrected chi connectivity index (χ2v) is 11.1. The number of esters is 2. The Balaban J connectivity index is 1.11. The van der Waals surface area contributed by atoms with Gasteiger partial charge in [-0.05, 0) is 67.9 Å². The molecule has 5 aromatic rings. The zero-order valence-corrected chi connectivity index (χ0v) is 27.5. The molecule has 1 saturated heterocycles. The third-order valence-electron chi connectivity index (χ3n) is 7.53. The average Bonchev–Trinajstić information content (AvgIpc) is 3.78. The van der Waals surface area contributed by atoms with Crippen LogP contribution in [-0.2, 0) is 50.2 Å². The molecular weight excluding hydrogens is 646 g/mol. The quantitative estimate of drug-likeness (QED) is 0.110. The Morgan fingerprint density at radius 2 is 1.20 bits per heavy atom. The fourth-order valence-corrected chi connectivity index (χ4v) is 5.26. The molecule has 0 aliphatic carbocycles. The van der Waals surface area contributed by atoms with Gasteiger partial charge in [0, 0.05) is 5.69 Å². The number of nitrogens with zero attached hydrogens (tertiary/aromatic N) is 7. The number of β-lactam (4-membered cyclic amide) rings is 1. The zero-order valence-electron chi connectivity index (χ0n) is 27.5. The molecule has 6 rings (SSSR count). The van der Waals surface area contributed by atoms with Crippen molar-refractivity contribution in [2.75, 3.05) is 18.1 Å². The largest absolute Gasteiger partial charge is 0.487 e. The number of aromatic nitrogens is 6. The maximum absolute atomic E-state index is 13.5. The molecule has 1 aliphatic heterocycles. The molecule has 258 valence electrons. The van der Waals surface area contributed by atoms with E-state index in [1.807, 2.05) is 66.7 Å². The first-order chi connectivity index (χ1) is 24.4. The Kier molecular flexibility index (Phi) is 10.6. The molecule has 15 nitrogen and oxygen atoms in total. The maximum Gasteiger partial charge on any atom is 0.327 e. The van der Waals surface area contributed by atoms with Crippen molar-refractivity contribution in [3.05, 3.63) is 108 Å². The van der Waals surface area contributed by atoms with E-state index < -0.39 is 24.1 Å². The lowest BCUT2D eigenvalue weighted by atomic mass is 9.89. The summed E-state index contributed by atoms with van der Waals surface area (Å²) in [4.78, 5) is 38.6. The number of carbonyl (C=O) groups excluding carboxylic acids is 3. The van der Waals surface area contributed by atoms with Crippen molar-refractivity contribution in [3.8, 4) is 17.2 Å². The van der Waals surface area contributed by atoms with E-state index in [2.05, 4.69) is 20.6 Å². The molecule has 1 fully saturated rings. The molecule has 3 heterocycles. The third-order valence-corrected chi connectivity index (χ3v) is 7.53. The van der Waals surface area contributed by atoms with Crippen molar-refractivity contribution in [1.82, 2.24) is 30.0 Å². The molecule has 15 heteroatoms. The SMILES string of the molecule is CCOC(=O)Cn1cc(COc2ccc(C3C(Oc4ccccc4)C(=O)N3c3ccc(OCc4cn(CC(=O)OCC)nn4)cc3)cc2)nn1. The number of carbonyl (C=O) groups is 3. The second kappa shape index (κ2) is 15.8. The van der Waals surface area contributed by atoms with Gasteiger partial charge in [-0.25, -0.2) is 9.36 Å². The van der Waals surface area contributed by atoms with E-state index in [1.165, 1.54) is 9.36 Å². The first kappa shape index (κ1) is 33.6. The van der Waals surface area contributed by atoms with Crippen LogP contribution in [0.2, 0.25) is 0 Å². The van der Waals surface area contributed by atoms with E-state index in [0.29, 0.717) is 47.5 Å². The van der Waals surface area contributed by atoms with Crippen LogP contribution < -0.4 is 19.1 Å². The van der Waals surface area contributed by atoms with Gasteiger partial charge in [0.1, 0.15) is 61.0 Å². The van der Waals surface area contributed by atoms with Crippen LogP contribution in [0.4, 0.5) is 5.69 Å². The number of ether oxygens (including phenoxy) is 5. The zero-order chi connectivity index (χ0) is 34.9. The molecule has 2 atom stereocenters. The fraction of sp³-hybridized carbons (Fsp3) is 0.286. The van der Waals surface area contributed by atoms with E-state index in [-0.39, 0.29) is 32.2 Å². The van der Waals surface area contributed by atoms with Crippen molar-refractivity contribution in [2.45, 2.75) is 52.3 Å². The predicted octanol–water partition coefficient (Wildman–Crippen LogP) is 3.69. The minimum Gasteiger partial charge on any atom is -0.487 e. The van der Waals surface area contributed by atoms with Crippen molar-refractivity contribution in [3.63, 3.8) is 0 Å². The molecular formula is C35H35N7O8. The van der Waals surface area contributed by atoms with Crippen molar-refractivity contribution in [2.24, 2.45) is 0 Å². The first-order valence-electron chi connectivity index (χ1n) is 16.0. The molecule has 1 amide bonds. The highest BCUT2D eigenvalue weighted by Gasteiger charge is 2.51. The molecule has 0 bridgehead atoms. The summed E-state index contributed by atoms with van der Waals surface area (Å²) in [6.45, 7) is 4.29. The molecule has 0 saturated carbocycles. The number of benzene rings is 3. The van der Waals surface area contributed by atoms with E-state index in [1.54, 1.807) is 43.3 Å². The van der Waals surface area contributed by atoms with Crippen LogP contribution in [0.3, 0.4) is 0 Å². The molecule has 2 aromatic heterocycles. The highest BCUT2D eigenvalue weighted by atomic mass is 16.5. The summed E-state index contributed by atoms with van der Waals surface area (Å²) in [5.74, 6) is 0.777. The predicted molar refractivity (Wildman–Crippen MR) is 176 cm³/mol. The van der Waals surface area contributed by atoms with Crippen LogP contribution in [0.5, 0.6) is 17.2 Å². The number of hydrogen-bond acceptors (Lipinski definition) is 12. The van der Waals surface area contributed by atoms with E-state index in [0.717, 1.165) is 5.56 Å². The fourth-order valence-electron chi connectivity index (χ4n) is 5.26. The molecule has 1 aliphatic rings. The van der Waals surface area contributed by atoms with Crippen LogP contribution in [0.1, 0.15) is 36.8 Å².